The lowest BCUT2D eigenvalue weighted by molar-refractivity contribution is -0.137. The third-order valence-electron chi connectivity index (χ3n) is 3.73. The normalized spacial score (nSPS) is 11.7. The maximum atomic E-state index is 12.5. The van der Waals surface area contributed by atoms with Gasteiger partial charge >= 0.3 is 6.09 Å². The van der Waals surface area contributed by atoms with E-state index in [9.17, 15) is 14.4 Å². The molecular formula is C16H34N6O4. The number of primary amides is 1. The van der Waals surface area contributed by atoms with Crippen molar-refractivity contribution in [1.82, 2.24) is 10.2 Å². The Labute approximate surface area is 154 Å². The summed E-state index contributed by atoms with van der Waals surface area (Å²) < 4.78 is 4.53. The summed E-state index contributed by atoms with van der Waals surface area (Å²) in [6.45, 7) is 1.59. The molecule has 0 aromatic carbocycles. The number of nitrogens with one attached hydrogen (secondary N) is 1. The second kappa shape index (κ2) is 15.4. The molecule has 0 aliphatic heterocycles. The van der Waals surface area contributed by atoms with Crippen molar-refractivity contribution in [2.45, 2.75) is 44.6 Å². The Bertz CT molecular complexity index is 422. The molecule has 0 aromatic rings. The van der Waals surface area contributed by atoms with Crippen molar-refractivity contribution in [2.75, 3.05) is 39.3 Å². The summed E-state index contributed by atoms with van der Waals surface area (Å²) in [5.74, 6) is -0.599. The SMILES string of the molecule is NCCCCCN(CC(=O)NCCOC(N)=O)C(=O)C(N)CCCCN. The lowest BCUT2D eigenvalue weighted by atomic mass is 10.1. The molecule has 0 fully saturated rings. The molecule has 0 aliphatic rings. The fraction of sp³-hybridized carbons (Fsp3) is 0.812. The van der Waals surface area contributed by atoms with E-state index in [2.05, 4.69) is 10.1 Å². The van der Waals surface area contributed by atoms with E-state index < -0.39 is 12.1 Å². The molecule has 0 radical (unpaired) electrons. The summed E-state index contributed by atoms with van der Waals surface area (Å²) in [6.07, 6.45) is 3.68. The van der Waals surface area contributed by atoms with Gasteiger partial charge in [-0.15, -0.1) is 0 Å². The van der Waals surface area contributed by atoms with Gasteiger partial charge in [0.25, 0.3) is 0 Å². The first-order chi connectivity index (χ1) is 12.4. The number of carbonyl (C=O) groups excluding carboxylic acids is 3. The smallest absolute Gasteiger partial charge is 0.404 e. The van der Waals surface area contributed by atoms with E-state index in [1.54, 1.807) is 0 Å². The van der Waals surface area contributed by atoms with E-state index in [4.69, 9.17) is 22.9 Å². The topological polar surface area (TPSA) is 180 Å². The maximum Gasteiger partial charge on any atom is 0.404 e. The molecule has 0 aromatic heterocycles. The quantitative estimate of drug-likeness (QED) is 0.219. The number of hydrogen-bond acceptors (Lipinski definition) is 7. The summed E-state index contributed by atoms with van der Waals surface area (Å²) in [7, 11) is 0. The van der Waals surface area contributed by atoms with Crippen LogP contribution in [0.4, 0.5) is 4.79 Å². The first-order valence-corrected chi connectivity index (χ1v) is 9.05. The Morgan fingerprint density at radius 3 is 2.27 bits per heavy atom. The van der Waals surface area contributed by atoms with Crippen molar-refractivity contribution in [2.24, 2.45) is 22.9 Å². The highest BCUT2D eigenvalue weighted by Crippen LogP contribution is 2.05. The minimum absolute atomic E-state index is 0.0237. The minimum atomic E-state index is -0.903. The second-order valence-electron chi connectivity index (χ2n) is 6.02. The number of nitrogens with zero attached hydrogens (tertiary/aromatic N) is 1. The number of nitrogens with two attached hydrogens (primary N) is 4. The molecule has 1 atom stereocenters. The second-order valence-corrected chi connectivity index (χ2v) is 6.02. The van der Waals surface area contributed by atoms with E-state index in [1.165, 1.54) is 4.90 Å². The molecule has 10 nitrogen and oxygen atoms in total. The molecule has 0 bridgehead atoms. The molecule has 10 heteroatoms. The van der Waals surface area contributed by atoms with Gasteiger partial charge in [0, 0.05) is 6.54 Å². The first kappa shape index (κ1) is 24.1. The average Bonchev–Trinajstić information content (AvgIpc) is 2.60. The van der Waals surface area contributed by atoms with Crippen LogP contribution in [0.1, 0.15) is 38.5 Å². The number of amides is 3. The molecule has 3 amide bonds. The Kier molecular flexibility index (Phi) is 14.2. The standard InChI is InChI=1S/C16H34N6O4/c17-7-3-1-5-10-22(15(24)13(19)6-2-4-8-18)12-14(23)21-9-11-26-16(20)25/h13H,1-12,17-19H2,(H2,20,25)(H,21,23). The molecule has 0 spiro atoms. The van der Waals surface area contributed by atoms with Crippen LogP contribution in [-0.4, -0.2) is 68.2 Å². The molecular weight excluding hydrogens is 340 g/mol. The van der Waals surface area contributed by atoms with Crippen LogP contribution in [-0.2, 0) is 14.3 Å². The van der Waals surface area contributed by atoms with Gasteiger partial charge in [0.2, 0.25) is 11.8 Å². The highest BCUT2D eigenvalue weighted by molar-refractivity contribution is 5.87. The Balaban J connectivity index is 4.49. The summed E-state index contributed by atoms with van der Waals surface area (Å²) in [5.41, 5.74) is 21.7. The third kappa shape index (κ3) is 12.5. The van der Waals surface area contributed by atoms with Crippen molar-refractivity contribution >= 4 is 17.9 Å². The van der Waals surface area contributed by atoms with Crippen LogP contribution in [0.2, 0.25) is 0 Å². The lowest BCUT2D eigenvalue weighted by Crippen LogP contribution is -2.48. The maximum absolute atomic E-state index is 12.5. The molecule has 26 heavy (non-hydrogen) atoms. The fourth-order valence-electron chi connectivity index (χ4n) is 2.33. The van der Waals surface area contributed by atoms with Crippen molar-refractivity contribution in [3.63, 3.8) is 0 Å². The average molecular weight is 374 g/mol. The Morgan fingerprint density at radius 2 is 1.65 bits per heavy atom. The third-order valence-corrected chi connectivity index (χ3v) is 3.73. The van der Waals surface area contributed by atoms with E-state index in [0.717, 1.165) is 32.1 Å². The van der Waals surface area contributed by atoms with Crippen molar-refractivity contribution in [3.05, 3.63) is 0 Å². The number of hydrogen-bond donors (Lipinski definition) is 5. The summed E-state index contributed by atoms with van der Waals surface area (Å²) in [5, 5.41) is 2.57. The predicted molar refractivity (Wildman–Crippen MR) is 98.9 cm³/mol. The summed E-state index contributed by atoms with van der Waals surface area (Å²) in [6, 6.07) is -0.651. The number of rotatable bonds is 15. The number of ether oxygens (including phenoxy) is 1. The largest absolute Gasteiger partial charge is 0.448 e. The van der Waals surface area contributed by atoms with Crippen LogP contribution in [0.25, 0.3) is 0 Å². The van der Waals surface area contributed by atoms with Crippen LogP contribution in [0.3, 0.4) is 0 Å². The van der Waals surface area contributed by atoms with Gasteiger partial charge in [0.1, 0.15) is 6.61 Å². The van der Waals surface area contributed by atoms with Crippen molar-refractivity contribution in [3.8, 4) is 0 Å². The summed E-state index contributed by atoms with van der Waals surface area (Å²) in [4.78, 5) is 36.5. The molecule has 0 rings (SSSR count). The minimum Gasteiger partial charge on any atom is -0.448 e. The molecule has 0 heterocycles. The van der Waals surface area contributed by atoms with Crippen LogP contribution < -0.4 is 28.3 Å². The zero-order chi connectivity index (χ0) is 19.8. The van der Waals surface area contributed by atoms with E-state index in [0.29, 0.717) is 26.1 Å². The zero-order valence-corrected chi connectivity index (χ0v) is 15.5. The number of carbonyl (C=O) groups is 3. The Morgan fingerprint density at radius 1 is 1.00 bits per heavy atom. The lowest BCUT2D eigenvalue weighted by Gasteiger charge is -2.25. The van der Waals surface area contributed by atoms with Crippen LogP contribution in [0.5, 0.6) is 0 Å². The molecule has 0 aliphatic carbocycles. The molecule has 9 N–H and O–H groups in total. The first-order valence-electron chi connectivity index (χ1n) is 9.05. The zero-order valence-electron chi connectivity index (χ0n) is 15.5. The van der Waals surface area contributed by atoms with Gasteiger partial charge in [0.05, 0.1) is 19.1 Å². The highest BCUT2D eigenvalue weighted by atomic mass is 16.5. The van der Waals surface area contributed by atoms with E-state index >= 15 is 0 Å². The van der Waals surface area contributed by atoms with Crippen LogP contribution in [0.15, 0.2) is 0 Å². The molecule has 0 saturated heterocycles. The monoisotopic (exact) mass is 374 g/mol. The molecule has 1 unspecified atom stereocenters. The van der Waals surface area contributed by atoms with Gasteiger partial charge in [-0.05, 0) is 38.8 Å². The van der Waals surface area contributed by atoms with Gasteiger partial charge in [-0.3, -0.25) is 9.59 Å². The van der Waals surface area contributed by atoms with Crippen LogP contribution in [0, 0.1) is 0 Å². The van der Waals surface area contributed by atoms with Gasteiger partial charge in [0.15, 0.2) is 0 Å². The molecule has 0 saturated carbocycles. The van der Waals surface area contributed by atoms with Gasteiger partial charge in [-0.25, -0.2) is 4.79 Å². The fourth-order valence-corrected chi connectivity index (χ4v) is 2.33. The van der Waals surface area contributed by atoms with E-state index in [1.807, 2.05) is 0 Å². The van der Waals surface area contributed by atoms with Crippen molar-refractivity contribution in [1.29, 1.82) is 0 Å². The van der Waals surface area contributed by atoms with Gasteiger partial charge < -0.3 is 37.9 Å². The Hall–Kier alpha value is -1.91. The summed E-state index contributed by atoms with van der Waals surface area (Å²) >= 11 is 0. The number of unbranched alkanes of at least 4 members (excludes halogenated alkanes) is 3. The molecule has 152 valence electrons. The van der Waals surface area contributed by atoms with E-state index in [-0.39, 0.29) is 31.5 Å². The van der Waals surface area contributed by atoms with Gasteiger partial charge in [-0.2, -0.15) is 0 Å². The van der Waals surface area contributed by atoms with Gasteiger partial charge in [-0.1, -0.05) is 12.8 Å². The highest BCUT2D eigenvalue weighted by Gasteiger charge is 2.22. The van der Waals surface area contributed by atoms with Crippen LogP contribution >= 0.6 is 0 Å². The predicted octanol–water partition coefficient (Wildman–Crippen LogP) is -1.39. The van der Waals surface area contributed by atoms with Crippen molar-refractivity contribution < 1.29 is 19.1 Å².